The number of benzene rings is 1. The Labute approximate surface area is 149 Å². The van der Waals surface area contributed by atoms with Crippen molar-refractivity contribution in [2.24, 2.45) is 11.7 Å². The molecule has 1 aliphatic rings. The summed E-state index contributed by atoms with van der Waals surface area (Å²) in [6, 6.07) is 12.5. The van der Waals surface area contributed by atoms with Crippen molar-refractivity contribution in [2.45, 2.75) is 32.9 Å². The smallest absolute Gasteiger partial charge is 0.220 e. The zero-order valence-corrected chi connectivity index (χ0v) is 14.7. The van der Waals surface area contributed by atoms with Crippen LogP contribution in [0.25, 0.3) is 0 Å². The molecule has 5 nitrogen and oxygen atoms in total. The van der Waals surface area contributed by atoms with Crippen LogP contribution >= 0.6 is 0 Å². The van der Waals surface area contributed by atoms with Gasteiger partial charge >= 0.3 is 0 Å². The number of hydrogen-bond acceptors (Lipinski definition) is 4. The van der Waals surface area contributed by atoms with E-state index in [2.05, 4.69) is 52.5 Å². The lowest BCUT2D eigenvalue weighted by molar-refractivity contribution is -0.122. The van der Waals surface area contributed by atoms with Gasteiger partial charge in [0.25, 0.3) is 0 Å². The number of carbonyl (C=O) groups excluding carboxylic acids is 1. The molecule has 0 bridgehead atoms. The maximum Gasteiger partial charge on any atom is 0.220 e. The van der Waals surface area contributed by atoms with E-state index >= 15 is 0 Å². The van der Waals surface area contributed by atoms with E-state index in [1.54, 1.807) is 0 Å². The number of rotatable bonds is 6. The van der Waals surface area contributed by atoms with Crippen LogP contribution < -0.4 is 16.0 Å². The Morgan fingerprint density at radius 3 is 2.56 bits per heavy atom. The molecule has 0 atom stereocenters. The Morgan fingerprint density at radius 1 is 1.16 bits per heavy atom. The molecule has 2 heterocycles. The van der Waals surface area contributed by atoms with Gasteiger partial charge in [-0.15, -0.1) is 0 Å². The highest BCUT2D eigenvalue weighted by Crippen LogP contribution is 2.24. The van der Waals surface area contributed by atoms with E-state index in [1.165, 1.54) is 16.7 Å². The minimum atomic E-state index is -0.180. The molecule has 3 rings (SSSR count). The number of aryl methyl sites for hydroxylation is 1. The third-order valence-corrected chi connectivity index (χ3v) is 4.96. The second kappa shape index (κ2) is 8.12. The molecule has 1 fully saturated rings. The maximum atomic E-state index is 11.3. The summed E-state index contributed by atoms with van der Waals surface area (Å²) in [6.45, 7) is 5.40. The molecule has 25 heavy (non-hydrogen) atoms. The molecule has 1 saturated heterocycles. The van der Waals surface area contributed by atoms with E-state index < -0.39 is 0 Å². The van der Waals surface area contributed by atoms with E-state index in [1.807, 2.05) is 12.3 Å². The standard InChI is InChI=1S/C20H26N4O/c1-15-5-2-3-6-17(15)13-22-14-18-7-4-10-23-20(18)24-11-8-16(9-12-24)19(21)25/h2-7,10,16,22H,8-9,11-14H2,1H3,(H2,21,25). The van der Waals surface area contributed by atoms with Crippen molar-refractivity contribution < 1.29 is 4.79 Å². The summed E-state index contributed by atoms with van der Waals surface area (Å²) in [5.41, 5.74) is 9.24. The highest BCUT2D eigenvalue weighted by Gasteiger charge is 2.24. The lowest BCUT2D eigenvalue weighted by Crippen LogP contribution is -2.39. The number of aromatic nitrogens is 1. The summed E-state index contributed by atoms with van der Waals surface area (Å²) in [5.74, 6) is 0.839. The maximum absolute atomic E-state index is 11.3. The fourth-order valence-electron chi connectivity index (χ4n) is 3.37. The summed E-state index contributed by atoms with van der Waals surface area (Å²) in [5, 5.41) is 3.52. The molecule has 1 aromatic heterocycles. The first kappa shape index (κ1) is 17.4. The van der Waals surface area contributed by atoms with Gasteiger partial charge in [0.05, 0.1) is 0 Å². The van der Waals surface area contributed by atoms with Crippen molar-refractivity contribution in [1.82, 2.24) is 10.3 Å². The molecule has 1 amide bonds. The average molecular weight is 338 g/mol. The molecule has 0 unspecified atom stereocenters. The van der Waals surface area contributed by atoms with Crippen molar-refractivity contribution in [3.05, 3.63) is 59.3 Å². The number of hydrogen-bond donors (Lipinski definition) is 2. The van der Waals surface area contributed by atoms with Crippen molar-refractivity contribution in [2.75, 3.05) is 18.0 Å². The molecule has 0 saturated carbocycles. The van der Waals surface area contributed by atoms with Crippen LogP contribution in [0.4, 0.5) is 5.82 Å². The van der Waals surface area contributed by atoms with Crippen LogP contribution in [0.5, 0.6) is 0 Å². The largest absolute Gasteiger partial charge is 0.369 e. The van der Waals surface area contributed by atoms with Gasteiger partial charge < -0.3 is 16.0 Å². The second-order valence-electron chi connectivity index (χ2n) is 6.68. The van der Waals surface area contributed by atoms with Crippen LogP contribution in [0.1, 0.15) is 29.5 Å². The summed E-state index contributed by atoms with van der Waals surface area (Å²) >= 11 is 0. The average Bonchev–Trinajstić information content (AvgIpc) is 2.64. The summed E-state index contributed by atoms with van der Waals surface area (Å²) in [7, 11) is 0. The molecule has 1 aliphatic heterocycles. The van der Waals surface area contributed by atoms with Crippen LogP contribution in [-0.2, 0) is 17.9 Å². The van der Waals surface area contributed by atoms with Gasteiger partial charge in [0, 0.05) is 43.9 Å². The Hall–Kier alpha value is -2.40. The lowest BCUT2D eigenvalue weighted by atomic mass is 9.96. The fraction of sp³-hybridized carbons (Fsp3) is 0.400. The zero-order chi connectivity index (χ0) is 17.6. The van der Waals surface area contributed by atoms with Crippen LogP contribution in [0, 0.1) is 12.8 Å². The van der Waals surface area contributed by atoms with E-state index in [9.17, 15) is 4.79 Å². The number of nitrogens with zero attached hydrogens (tertiary/aromatic N) is 2. The van der Waals surface area contributed by atoms with Gasteiger partial charge in [-0.2, -0.15) is 0 Å². The third kappa shape index (κ3) is 4.37. The third-order valence-electron chi connectivity index (χ3n) is 4.96. The molecule has 5 heteroatoms. The zero-order valence-electron chi connectivity index (χ0n) is 14.7. The highest BCUT2D eigenvalue weighted by atomic mass is 16.1. The molecule has 1 aromatic carbocycles. The van der Waals surface area contributed by atoms with Crippen molar-refractivity contribution >= 4 is 11.7 Å². The summed E-state index contributed by atoms with van der Waals surface area (Å²) < 4.78 is 0. The Morgan fingerprint density at radius 2 is 1.84 bits per heavy atom. The second-order valence-corrected chi connectivity index (χ2v) is 6.68. The first-order valence-corrected chi connectivity index (χ1v) is 8.88. The minimum Gasteiger partial charge on any atom is -0.369 e. The number of amides is 1. The van der Waals surface area contributed by atoms with Gasteiger partial charge in [0.1, 0.15) is 5.82 Å². The van der Waals surface area contributed by atoms with Gasteiger partial charge in [-0.3, -0.25) is 4.79 Å². The summed E-state index contributed by atoms with van der Waals surface area (Å²) in [6.07, 6.45) is 3.45. The monoisotopic (exact) mass is 338 g/mol. The predicted molar refractivity (Wildman–Crippen MR) is 100 cm³/mol. The van der Waals surface area contributed by atoms with Crippen molar-refractivity contribution in [1.29, 1.82) is 0 Å². The van der Waals surface area contributed by atoms with Gasteiger partial charge in [-0.25, -0.2) is 4.98 Å². The molecule has 0 spiro atoms. The molecular weight excluding hydrogens is 312 g/mol. The number of pyridine rings is 1. The number of primary amides is 1. The lowest BCUT2D eigenvalue weighted by Gasteiger charge is -2.32. The number of carbonyl (C=O) groups is 1. The van der Waals surface area contributed by atoms with Gasteiger partial charge in [0.2, 0.25) is 5.91 Å². The Kier molecular flexibility index (Phi) is 5.66. The fourth-order valence-corrected chi connectivity index (χ4v) is 3.37. The minimum absolute atomic E-state index is 0.00240. The van der Waals surface area contributed by atoms with E-state index in [-0.39, 0.29) is 11.8 Å². The molecule has 2 aromatic rings. The van der Waals surface area contributed by atoms with E-state index in [0.29, 0.717) is 0 Å². The SMILES string of the molecule is Cc1ccccc1CNCc1cccnc1N1CCC(C(N)=O)CC1. The van der Waals surface area contributed by atoms with Gasteiger partial charge in [0.15, 0.2) is 0 Å². The number of piperidine rings is 1. The highest BCUT2D eigenvalue weighted by molar-refractivity contribution is 5.77. The van der Waals surface area contributed by atoms with Crippen molar-refractivity contribution in [3.8, 4) is 0 Å². The quantitative estimate of drug-likeness (QED) is 0.848. The van der Waals surface area contributed by atoms with Crippen molar-refractivity contribution in [3.63, 3.8) is 0 Å². The van der Waals surface area contributed by atoms with Crippen LogP contribution in [0.3, 0.4) is 0 Å². The molecule has 0 aliphatic carbocycles. The van der Waals surface area contributed by atoms with Gasteiger partial charge in [-0.1, -0.05) is 30.3 Å². The summed E-state index contributed by atoms with van der Waals surface area (Å²) in [4.78, 5) is 18.2. The molecule has 3 N–H and O–H groups in total. The van der Waals surface area contributed by atoms with Crippen LogP contribution in [0.15, 0.2) is 42.6 Å². The van der Waals surface area contributed by atoms with E-state index in [4.69, 9.17) is 5.73 Å². The molecule has 0 radical (unpaired) electrons. The Balaban J connectivity index is 1.61. The topological polar surface area (TPSA) is 71.2 Å². The molecular formula is C20H26N4O. The number of nitrogens with one attached hydrogen (secondary N) is 1. The number of nitrogens with two attached hydrogens (primary N) is 1. The van der Waals surface area contributed by atoms with Gasteiger partial charge in [-0.05, 0) is 37.0 Å². The Bertz CT molecular complexity index is 723. The number of anilines is 1. The molecule has 132 valence electrons. The predicted octanol–water partition coefficient (Wildman–Crippen LogP) is 2.38. The first-order valence-electron chi connectivity index (χ1n) is 8.88. The normalized spacial score (nSPS) is 15.3. The van der Waals surface area contributed by atoms with Crippen LogP contribution in [-0.4, -0.2) is 24.0 Å². The van der Waals surface area contributed by atoms with E-state index in [0.717, 1.165) is 44.8 Å². The first-order chi connectivity index (χ1) is 12.1. The van der Waals surface area contributed by atoms with Crippen LogP contribution in [0.2, 0.25) is 0 Å².